The van der Waals surface area contributed by atoms with Crippen LogP contribution >= 0.6 is 0 Å². The van der Waals surface area contributed by atoms with Crippen LogP contribution in [-0.2, 0) is 0 Å². The lowest BCUT2D eigenvalue weighted by atomic mass is 10.2. The van der Waals surface area contributed by atoms with Gasteiger partial charge in [-0.2, -0.15) is 0 Å². The molecule has 0 aliphatic rings. The van der Waals surface area contributed by atoms with E-state index in [0.717, 1.165) is 11.1 Å². The molecule has 0 saturated carbocycles. The highest BCUT2D eigenvalue weighted by Crippen LogP contribution is 2.22. The minimum Gasteiger partial charge on any atom is -0.307 e. The Hall–Kier alpha value is -2.89. The van der Waals surface area contributed by atoms with Crippen LogP contribution in [0.1, 0.15) is 11.1 Å². The molecule has 2 rings (SSSR count). The number of nitrogens with zero attached hydrogens (tertiary/aromatic N) is 1. The minimum absolute atomic E-state index is 0.0632. The first kappa shape index (κ1) is 14.5. The Morgan fingerprint density at radius 3 is 2.29 bits per heavy atom. The van der Waals surface area contributed by atoms with E-state index in [1.54, 1.807) is 19.1 Å². The molecule has 0 spiro atoms. The summed E-state index contributed by atoms with van der Waals surface area (Å²) in [6, 6.07) is 11.3. The molecule has 0 aliphatic carbocycles. The summed E-state index contributed by atoms with van der Waals surface area (Å²) in [5, 5.41) is 16.1. The molecule has 2 aromatic rings. The number of nitro benzene ring substituents is 1. The quantitative estimate of drug-likeness (QED) is 0.663. The van der Waals surface area contributed by atoms with Crippen molar-refractivity contribution in [2.24, 2.45) is 0 Å². The number of nitro groups is 1. The zero-order valence-corrected chi connectivity index (χ0v) is 11.7. The van der Waals surface area contributed by atoms with Crippen molar-refractivity contribution in [3.8, 4) is 0 Å². The molecule has 21 heavy (non-hydrogen) atoms. The van der Waals surface area contributed by atoms with Crippen LogP contribution in [0.4, 0.5) is 21.9 Å². The van der Waals surface area contributed by atoms with E-state index >= 15 is 0 Å². The van der Waals surface area contributed by atoms with Crippen LogP contribution in [-0.4, -0.2) is 11.0 Å². The van der Waals surface area contributed by atoms with E-state index in [4.69, 9.17) is 0 Å². The summed E-state index contributed by atoms with van der Waals surface area (Å²) in [6.45, 7) is 3.65. The Bertz CT molecular complexity index is 698. The highest BCUT2D eigenvalue weighted by atomic mass is 16.6. The smallest absolute Gasteiger partial charge is 0.307 e. The first-order valence-electron chi connectivity index (χ1n) is 6.36. The molecule has 6 nitrogen and oxygen atoms in total. The van der Waals surface area contributed by atoms with E-state index in [1.807, 2.05) is 25.1 Å². The molecule has 2 aromatic carbocycles. The topological polar surface area (TPSA) is 84.3 Å². The monoisotopic (exact) mass is 285 g/mol. The van der Waals surface area contributed by atoms with Gasteiger partial charge in [0, 0.05) is 17.8 Å². The lowest BCUT2D eigenvalue weighted by Gasteiger charge is -2.11. The predicted octanol–water partition coefficient (Wildman–Crippen LogP) is 3.86. The number of carbonyl (C=O) groups excluding carboxylic acids is 1. The van der Waals surface area contributed by atoms with Crippen molar-refractivity contribution in [2.45, 2.75) is 13.8 Å². The molecule has 0 radical (unpaired) electrons. The molecule has 0 fully saturated rings. The van der Waals surface area contributed by atoms with Gasteiger partial charge in [-0.3, -0.25) is 10.1 Å². The van der Waals surface area contributed by atoms with Gasteiger partial charge in [-0.1, -0.05) is 24.3 Å². The summed E-state index contributed by atoms with van der Waals surface area (Å²) < 4.78 is 0. The molecular formula is C15H15N3O3. The summed E-state index contributed by atoms with van der Waals surface area (Å²) >= 11 is 0. The Kier molecular flexibility index (Phi) is 4.18. The Morgan fingerprint density at radius 1 is 1.00 bits per heavy atom. The van der Waals surface area contributed by atoms with E-state index in [9.17, 15) is 14.9 Å². The molecule has 2 N–H and O–H groups in total. The van der Waals surface area contributed by atoms with E-state index in [2.05, 4.69) is 10.6 Å². The van der Waals surface area contributed by atoms with Crippen LogP contribution < -0.4 is 10.6 Å². The zero-order chi connectivity index (χ0) is 15.4. The van der Waals surface area contributed by atoms with Gasteiger partial charge in [0.25, 0.3) is 5.69 Å². The number of benzene rings is 2. The number of rotatable bonds is 3. The first-order valence-corrected chi connectivity index (χ1v) is 6.36. The molecule has 0 atom stereocenters. The number of para-hydroxylation sites is 1. The highest BCUT2D eigenvalue weighted by Gasteiger charge is 2.11. The Labute approximate surface area is 121 Å². The maximum Gasteiger partial charge on any atom is 0.323 e. The molecular weight excluding hydrogens is 270 g/mol. The molecule has 2 amide bonds. The molecule has 6 heteroatoms. The van der Waals surface area contributed by atoms with E-state index in [-0.39, 0.29) is 5.69 Å². The molecule has 108 valence electrons. The standard InChI is InChI=1S/C15H15N3O3/c1-10-5-3-4-6-13(10)16-15(19)17-14-9-12(18(20)21)8-7-11(14)2/h3-9H,1-2H3,(H2,16,17,19). The summed E-state index contributed by atoms with van der Waals surface area (Å²) in [5.74, 6) is 0. The van der Waals surface area contributed by atoms with Gasteiger partial charge in [0.15, 0.2) is 0 Å². The normalized spacial score (nSPS) is 10.0. The maximum absolute atomic E-state index is 12.0. The van der Waals surface area contributed by atoms with E-state index in [0.29, 0.717) is 11.4 Å². The van der Waals surface area contributed by atoms with Crippen LogP contribution in [0, 0.1) is 24.0 Å². The molecule has 0 saturated heterocycles. The summed E-state index contributed by atoms with van der Waals surface area (Å²) in [7, 11) is 0. The maximum atomic E-state index is 12.0. The fourth-order valence-corrected chi connectivity index (χ4v) is 1.85. The van der Waals surface area contributed by atoms with E-state index < -0.39 is 11.0 Å². The number of amides is 2. The van der Waals surface area contributed by atoms with E-state index in [1.165, 1.54) is 12.1 Å². The van der Waals surface area contributed by atoms with Crippen molar-refractivity contribution in [3.63, 3.8) is 0 Å². The third-order valence-electron chi connectivity index (χ3n) is 3.07. The SMILES string of the molecule is Cc1ccccc1NC(=O)Nc1cc([N+](=O)[O-])ccc1C. The number of non-ortho nitro benzene ring substituents is 1. The van der Waals surface area contributed by atoms with Crippen molar-refractivity contribution in [1.29, 1.82) is 0 Å². The van der Waals surface area contributed by atoms with Gasteiger partial charge < -0.3 is 10.6 Å². The van der Waals surface area contributed by atoms with Gasteiger partial charge in [0.2, 0.25) is 0 Å². The molecule has 0 unspecified atom stereocenters. The third-order valence-corrected chi connectivity index (χ3v) is 3.07. The van der Waals surface area contributed by atoms with Gasteiger partial charge in [0.1, 0.15) is 0 Å². The highest BCUT2D eigenvalue weighted by molar-refractivity contribution is 6.00. The van der Waals surface area contributed by atoms with Crippen molar-refractivity contribution in [1.82, 2.24) is 0 Å². The third kappa shape index (κ3) is 3.56. The van der Waals surface area contributed by atoms with Crippen molar-refractivity contribution < 1.29 is 9.72 Å². The lowest BCUT2D eigenvalue weighted by Crippen LogP contribution is -2.20. The number of urea groups is 1. The van der Waals surface area contributed by atoms with Gasteiger partial charge in [-0.05, 0) is 31.0 Å². The van der Waals surface area contributed by atoms with Crippen LogP contribution in [0.2, 0.25) is 0 Å². The number of aryl methyl sites for hydroxylation is 2. The van der Waals surface area contributed by atoms with Crippen LogP contribution in [0.5, 0.6) is 0 Å². The second-order valence-corrected chi connectivity index (χ2v) is 4.65. The van der Waals surface area contributed by atoms with Gasteiger partial charge >= 0.3 is 6.03 Å². The Morgan fingerprint density at radius 2 is 1.62 bits per heavy atom. The van der Waals surface area contributed by atoms with Crippen molar-refractivity contribution in [2.75, 3.05) is 10.6 Å². The number of hydrogen-bond donors (Lipinski definition) is 2. The van der Waals surface area contributed by atoms with Crippen molar-refractivity contribution >= 4 is 23.1 Å². The van der Waals surface area contributed by atoms with Gasteiger partial charge in [0.05, 0.1) is 10.6 Å². The second kappa shape index (κ2) is 6.04. The molecule has 0 heterocycles. The fraction of sp³-hybridized carbons (Fsp3) is 0.133. The largest absolute Gasteiger partial charge is 0.323 e. The van der Waals surface area contributed by atoms with Crippen LogP contribution in [0.3, 0.4) is 0 Å². The zero-order valence-electron chi connectivity index (χ0n) is 11.7. The predicted molar refractivity (Wildman–Crippen MR) is 81.7 cm³/mol. The number of hydrogen-bond acceptors (Lipinski definition) is 3. The molecule has 0 aromatic heterocycles. The lowest BCUT2D eigenvalue weighted by molar-refractivity contribution is -0.384. The summed E-state index contributed by atoms with van der Waals surface area (Å²) in [6.07, 6.45) is 0. The van der Waals surface area contributed by atoms with Crippen LogP contribution in [0.25, 0.3) is 0 Å². The first-order chi connectivity index (χ1) is 9.97. The van der Waals surface area contributed by atoms with Gasteiger partial charge in [-0.15, -0.1) is 0 Å². The average molecular weight is 285 g/mol. The van der Waals surface area contributed by atoms with Crippen LogP contribution in [0.15, 0.2) is 42.5 Å². The average Bonchev–Trinajstić information content (AvgIpc) is 2.43. The summed E-state index contributed by atoms with van der Waals surface area (Å²) in [5.41, 5.74) is 2.73. The Balaban J connectivity index is 2.15. The number of anilines is 2. The van der Waals surface area contributed by atoms with Crippen molar-refractivity contribution in [3.05, 3.63) is 63.7 Å². The second-order valence-electron chi connectivity index (χ2n) is 4.65. The summed E-state index contributed by atoms with van der Waals surface area (Å²) in [4.78, 5) is 22.2. The molecule has 0 bridgehead atoms. The minimum atomic E-state index is -0.496. The van der Waals surface area contributed by atoms with Gasteiger partial charge in [-0.25, -0.2) is 4.79 Å². The number of carbonyl (C=O) groups is 1. The molecule has 0 aliphatic heterocycles. The number of nitrogens with one attached hydrogen (secondary N) is 2. The fourth-order valence-electron chi connectivity index (χ4n) is 1.85.